The predicted octanol–water partition coefficient (Wildman–Crippen LogP) is 3.16. The van der Waals surface area contributed by atoms with Crippen molar-refractivity contribution in [2.75, 3.05) is 40.0 Å². The van der Waals surface area contributed by atoms with Crippen LogP contribution < -0.4 is 4.74 Å². The van der Waals surface area contributed by atoms with E-state index in [1.165, 1.54) is 0 Å². The highest BCUT2D eigenvalue weighted by Gasteiger charge is 2.25. The number of carbonyl (C=O) groups excluding carboxylic acids is 1. The Labute approximate surface area is 189 Å². The molecule has 1 amide bonds. The number of hydrogen-bond donors (Lipinski definition) is 0. The van der Waals surface area contributed by atoms with Crippen molar-refractivity contribution in [3.05, 3.63) is 41.5 Å². The van der Waals surface area contributed by atoms with Gasteiger partial charge in [-0.1, -0.05) is 17.3 Å². The smallest absolute Gasteiger partial charge is 0.229 e. The van der Waals surface area contributed by atoms with Crippen LogP contribution in [0.5, 0.6) is 5.75 Å². The summed E-state index contributed by atoms with van der Waals surface area (Å²) in [6.45, 7) is 3.50. The van der Waals surface area contributed by atoms with Crippen LogP contribution in [0, 0.1) is 0 Å². The van der Waals surface area contributed by atoms with Gasteiger partial charge in [-0.2, -0.15) is 4.98 Å². The molecule has 2 saturated heterocycles. The summed E-state index contributed by atoms with van der Waals surface area (Å²) in [4.78, 5) is 19.2. The number of hydrogen-bond acceptors (Lipinski definition) is 7. The van der Waals surface area contributed by atoms with Crippen molar-refractivity contribution >= 4 is 5.91 Å². The van der Waals surface area contributed by atoms with E-state index < -0.39 is 0 Å². The number of methoxy groups -OCH3 is 1. The summed E-state index contributed by atoms with van der Waals surface area (Å²) in [6, 6.07) is 7.89. The lowest BCUT2D eigenvalue weighted by molar-refractivity contribution is -0.135. The van der Waals surface area contributed by atoms with E-state index in [0.717, 1.165) is 69.1 Å². The molecule has 1 aromatic heterocycles. The van der Waals surface area contributed by atoms with Gasteiger partial charge >= 0.3 is 0 Å². The third kappa shape index (κ3) is 6.29. The van der Waals surface area contributed by atoms with E-state index in [0.29, 0.717) is 37.7 Å². The van der Waals surface area contributed by atoms with Gasteiger partial charge in [0.15, 0.2) is 5.82 Å². The first kappa shape index (κ1) is 22.7. The number of rotatable bonds is 9. The number of carbonyl (C=O) groups is 1. The lowest BCUT2D eigenvalue weighted by atomic mass is 10.0. The highest BCUT2D eigenvalue weighted by atomic mass is 16.5. The standard InChI is InChI=1S/C24H33N3O5/c1-29-20-7-4-18(5-8-20)6-9-23(28)27-13-2-3-21(17-27)31-16-12-22-25-24(32-26-22)19-10-14-30-15-11-19/h4-5,7-8,19,21H,2-3,6,9-17H2,1H3. The Morgan fingerprint density at radius 3 is 2.75 bits per heavy atom. The molecular formula is C24H33N3O5. The van der Waals surface area contributed by atoms with E-state index in [2.05, 4.69) is 10.1 Å². The normalized spacial score (nSPS) is 19.8. The third-order valence-electron chi connectivity index (χ3n) is 6.25. The molecule has 0 bridgehead atoms. The molecule has 174 valence electrons. The largest absolute Gasteiger partial charge is 0.497 e. The fourth-order valence-electron chi connectivity index (χ4n) is 4.30. The first-order valence-corrected chi connectivity index (χ1v) is 11.6. The van der Waals surface area contributed by atoms with Crippen LogP contribution in [0.2, 0.25) is 0 Å². The summed E-state index contributed by atoms with van der Waals surface area (Å²) in [5.74, 6) is 2.73. The molecule has 2 aliphatic rings. The Bertz CT molecular complexity index is 848. The molecule has 0 saturated carbocycles. The van der Waals surface area contributed by atoms with E-state index in [4.69, 9.17) is 18.7 Å². The highest BCUT2D eigenvalue weighted by Crippen LogP contribution is 2.25. The van der Waals surface area contributed by atoms with Crippen LogP contribution in [0.15, 0.2) is 28.8 Å². The van der Waals surface area contributed by atoms with E-state index in [9.17, 15) is 4.79 Å². The summed E-state index contributed by atoms with van der Waals surface area (Å²) in [5, 5.41) is 4.10. The minimum atomic E-state index is 0.0653. The molecule has 32 heavy (non-hydrogen) atoms. The topological polar surface area (TPSA) is 86.9 Å². The number of ether oxygens (including phenoxy) is 3. The maximum absolute atomic E-state index is 12.7. The Morgan fingerprint density at radius 2 is 1.97 bits per heavy atom. The molecule has 2 aromatic rings. The van der Waals surface area contributed by atoms with Crippen molar-refractivity contribution in [2.24, 2.45) is 0 Å². The quantitative estimate of drug-likeness (QED) is 0.588. The Hall–Kier alpha value is -2.45. The minimum Gasteiger partial charge on any atom is -0.497 e. The fraction of sp³-hybridized carbons (Fsp3) is 0.625. The van der Waals surface area contributed by atoms with Crippen LogP contribution >= 0.6 is 0 Å². The molecule has 1 atom stereocenters. The van der Waals surface area contributed by atoms with E-state index in [1.54, 1.807) is 7.11 Å². The molecule has 0 N–H and O–H groups in total. The second-order valence-electron chi connectivity index (χ2n) is 8.51. The van der Waals surface area contributed by atoms with Gasteiger partial charge in [-0.05, 0) is 49.8 Å². The lowest BCUT2D eigenvalue weighted by Gasteiger charge is -2.32. The zero-order chi connectivity index (χ0) is 22.2. The Balaban J connectivity index is 1.17. The number of likely N-dealkylation sites (tertiary alicyclic amines) is 1. The van der Waals surface area contributed by atoms with Gasteiger partial charge < -0.3 is 23.6 Å². The maximum Gasteiger partial charge on any atom is 0.229 e. The van der Waals surface area contributed by atoms with Gasteiger partial charge in [0, 0.05) is 45.1 Å². The number of benzene rings is 1. The zero-order valence-electron chi connectivity index (χ0n) is 18.8. The summed E-state index contributed by atoms with van der Waals surface area (Å²) < 4.78 is 22.1. The molecule has 4 rings (SSSR count). The Morgan fingerprint density at radius 1 is 1.16 bits per heavy atom. The molecule has 2 aliphatic heterocycles. The zero-order valence-corrected chi connectivity index (χ0v) is 18.8. The van der Waals surface area contributed by atoms with E-state index in [-0.39, 0.29) is 12.0 Å². The minimum absolute atomic E-state index is 0.0653. The van der Waals surface area contributed by atoms with Crippen LogP contribution in [0.3, 0.4) is 0 Å². The average Bonchev–Trinajstić information content (AvgIpc) is 3.32. The molecule has 1 aromatic carbocycles. The number of nitrogens with zero attached hydrogens (tertiary/aromatic N) is 3. The van der Waals surface area contributed by atoms with Gasteiger partial charge in [-0.25, -0.2) is 0 Å². The van der Waals surface area contributed by atoms with Crippen LogP contribution in [-0.4, -0.2) is 67.1 Å². The molecular weight excluding hydrogens is 410 g/mol. The van der Waals surface area contributed by atoms with Crippen molar-refractivity contribution in [1.82, 2.24) is 15.0 Å². The monoisotopic (exact) mass is 443 g/mol. The fourth-order valence-corrected chi connectivity index (χ4v) is 4.30. The predicted molar refractivity (Wildman–Crippen MR) is 118 cm³/mol. The molecule has 0 spiro atoms. The van der Waals surface area contributed by atoms with Crippen LogP contribution in [0.25, 0.3) is 0 Å². The number of amides is 1. The van der Waals surface area contributed by atoms with Gasteiger partial charge in [-0.3, -0.25) is 4.79 Å². The molecule has 8 nitrogen and oxygen atoms in total. The number of aromatic nitrogens is 2. The Kier molecular flexibility index (Phi) is 8.12. The van der Waals surface area contributed by atoms with Gasteiger partial charge in [-0.15, -0.1) is 0 Å². The molecule has 8 heteroatoms. The second-order valence-corrected chi connectivity index (χ2v) is 8.51. The summed E-state index contributed by atoms with van der Waals surface area (Å²) in [5.41, 5.74) is 1.14. The van der Waals surface area contributed by atoms with Gasteiger partial charge in [0.25, 0.3) is 0 Å². The van der Waals surface area contributed by atoms with Gasteiger partial charge in [0.2, 0.25) is 11.8 Å². The molecule has 0 aliphatic carbocycles. The van der Waals surface area contributed by atoms with Crippen molar-refractivity contribution in [3.63, 3.8) is 0 Å². The van der Waals surface area contributed by atoms with Crippen LogP contribution in [0.4, 0.5) is 0 Å². The highest BCUT2D eigenvalue weighted by molar-refractivity contribution is 5.76. The maximum atomic E-state index is 12.7. The summed E-state index contributed by atoms with van der Waals surface area (Å²) >= 11 is 0. The SMILES string of the molecule is COc1ccc(CCC(=O)N2CCCC(OCCc3noc(C4CCOCC4)n3)C2)cc1. The van der Waals surface area contributed by atoms with Crippen molar-refractivity contribution in [2.45, 2.75) is 57.0 Å². The van der Waals surface area contributed by atoms with Crippen molar-refractivity contribution in [3.8, 4) is 5.75 Å². The van der Waals surface area contributed by atoms with Crippen molar-refractivity contribution in [1.29, 1.82) is 0 Å². The second kappa shape index (κ2) is 11.4. The van der Waals surface area contributed by atoms with Gasteiger partial charge in [0.05, 0.1) is 19.8 Å². The van der Waals surface area contributed by atoms with Gasteiger partial charge in [0.1, 0.15) is 5.75 Å². The number of aryl methyl sites for hydroxylation is 1. The van der Waals surface area contributed by atoms with E-state index >= 15 is 0 Å². The third-order valence-corrected chi connectivity index (χ3v) is 6.25. The van der Waals surface area contributed by atoms with Crippen molar-refractivity contribution < 1.29 is 23.5 Å². The summed E-state index contributed by atoms with van der Waals surface area (Å²) in [7, 11) is 1.65. The average molecular weight is 444 g/mol. The van der Waals surface area contributed by atoms with Crippen LogP contribution in [-0.2, 0) is 27.1 Å². The van der Waals surface area contributed by atoms with Crippen LogP contribution in [0.1, 0.15) is 55.3 Å². The molecule has 0 radical (unpaired) electrons. The summed E-state index contributed by atoms with van der Waals surface area (Å²) in [6.07, 6.45) is 5.74. The first-order chi connectivity index (χ1) is 15.7. The molecule has 1 unspecified atom stereocenters. The number of piperidine rings is 1. The molecule has 2 fully saturated rings. The lowest BCUT2D eigenvalue weighted by Crippen LogP contribution is -2.43. The van der Waals surface area contributed by atoms with E-state index in [1.807, 2.05) is 29.2 Å². The first-order valence-electron chi connectivity index (χ1n) is 11.6. The molecule has 3 heterocycles.